The van der Waals surface area contributed by atoms with E-state index >= 15 is 0 Å². The van der Waals surface area contributed by atoms with Crippen molar-refractivity contribution >= 4 is 0 Å². The Morgan fingerprint density at radius 1 is 1.56 bits per heavy atom. The van der Waals surface area contributed by atoms with E-state index in [0.717, 1.165) is 0 Å². The van der Waals surface area contributed by atoms with E-state index in [1.807, 2.05) is 0 Å². The molecule has 0 unspecified atom stereocenters. The topological polar surface area (TPSA) is 65.9 Å². The van der Waals surface area contributed by atoms with Crippen molar-refractivity contribution in [2.75, 3.05) is 0 Å². The van der Waals surface area contributed by atoms with Crippen molar-refractivity contribution in [2.45, 2.75) is 19.7 Å². The SMILES string of the molecule is Cc1c(OC(F)(F)F)cc(=O)[nH]c1CC#N. The summed E-state index contributed by atoms with van der Waals surface area (Å²) in [4.78, 5) is 13.3. The molecule has 0 aliphatic heterocycles. The molecule has 0 radical (unpaired) electrons. The van der Waals surface area contributed by atoms with Crippen molar-refractivity contribution < 1.29 is 17.9 Å². The first-order valence-electron chi connectivity index (χ1n) is 4.19. The Balaban J connectivity index is 3.20. The molecule has 0 aromatic carbocycles. The second-order valence-corrected chi connectivity index (χ2v) is 2.98. The first kappa shape index (κ1) is 12.1. The van der Waals surface area contributed by atoms with Crippen molar-refractivity contribution in [3.63, 3.8) is 0 Å². The van der Waals surface area contributed by atoms with Crippen LogP contribution in [0.4, 0.5) is 13.2 Å². The summed E-state index contributed by atoms with van der Waals surface area (Å²) in [6, 6.07) is 2.43. The molecular formula is C9H7F3N2O2. The van der Waals surface area contributed by atoms with Crippen molar-refractivity contribution in [1.82, 2.24) is 4.98 Å². The van der Waals surface area contributed by atoms with Gasteiger partial charge in [0.1, 0.15) is 5.75 Å². The van der Waals surface area contributed by atoms with Crippen LogP contribution in [-0.4, -0.2) is 11.3 Å². The van der Waals surface area contributed by atoms with E-state index in [1.165, 1.54) is 6.92 Å². The number of alkyl halides is 3. The molecule has 1 aromatic rings. The van der Waals surface area contributed by atoms with Gasteiger partial charge in [-0.3, -0.25) is 4.79 Å². The second-order valence-electron chi connectivity index (χ2n) is 2.98. The molecule has 0 saturated heterocycles. The van der Waals surface area contributed by atoms with Crippen molar-refractivity contribution in [2.24, 2.45) is 0 Å². The zero-order valence-electron chi connectivity index (χ0n) is 8.18. The highest BCUT2D eigenvalue weighted by Crippen LogP contribution is 2.25. The Bertz CT molecular complexity index is 485. The van der Waals surface area contributed by atoms with Crippen molar-refractivity contribution in [1.29, 1.82) is 5.26 Å². The lowest BCUT2D eigenvalue weighted by Crippen LogP contribution is -2.20. The van der Waals surface area contributed by atoms with Gasteiger partial charge in [-0.2, -0.15) is 5.26 Å². The Hall–Kier alpha value is -1.97. The maximum Gasteiger partial charge on any atom is 0.573 e. The normalized spacial score (nSPS) is 10.9. The number of nitriles is 1. The average molecular weight is 232 g/mol. The Morgan fingerprint density at radius 3 is 2.69 bits per heavy atom. The molecule has 1 N–H and O–H groups in total. The number of nitrogens with one attached hydrogen (secondary N) is 1. The minimum Gasteiger partial charge on any atom is -0.405 e. The highest BCUT2D eigenvalue weighted by molar-refractivity contribution is 5.35. The van der Waals surface area contributed by atoms with Gasteiger partial charge in [0, 0.05) is 17.3 Å². The summed E-state index contributed by atoms with van der Waals surface area (Å²) in [5.74, 6) is -0.582. The average Bonchev–Trinajstić information content (AvgIpc) is 2.11. The number of pyridine rings is 1. The van der Waals surface area contributed by atoms with Gasteiger partial charge in [-0.25, -0.2) is 0 Å². The summed E-state index contributed by atoms with van der Waals surface area (Å²) < 4.78 is 39.6. The molecule has 16 heavy (non-hydrogen) atoms. The fraction of sp³-hybridized carbons (Fsp3) is 0.333. The summed E-state index contributed by atoms with van der Waals surface area (Å²) in [7, 11) is 0. The van der Waals surface area contributed by atoms with Crippen LogP contribution in [0, 0.1) is 18.3 Å². The lowest BCUT2D eigenvalue weighted by molar-refractivity contribution is -0.274. The predicted molar refractivity (Wildman–Crippen MR) is 47.8 cm³/mol. The summed E-state index contributed by atoms with van der Waals surface area (Å²) in [6.07, 6.45) is -5.04. The summed E-state index contributed by atoms with van der Waals surface area (Å²) in [5.41, 5.74) is -0.525. The minimum atomic E-state index is -4.86. The summed E-state index contributed by atoms with van der Waals surface area (Å²) in [6.45, 7) is 1.34. The third-order valence-corrected chi connectivity index (χ3v) is 1.84. The van der Waals surface area contributed by atoms with Crippen LogP contribution in [0.25, 0.3) is 0 Å². The van der Waals surface area contributed by atoms with Crippen LogP contribution in [0.1, 0.15) is 11.3 Å². The molecule has 1 heterocycles. The number of nitrogens with zero attached hydrogens (tertiary/aromatic N) is 1. The van der Waals surface area contributed by atoms with Crippen LogP contribution in [0.3, 0.4) is 0 Å². The summed E-state index contributed by atoms with van der Waals surface area (Å²) in [5, 5.41) is 8.42. The molecule has 0 atom stereocenters. The fourth-order valence-corrected chi connectivity index (χ4v) is 1.14. The molecule has 7 heteroatoms. The van der Waals surface area contributed by atoms with Gasteiger partial charge in [-0.1, -0.05) is 0 Å². The molecule has 1 aromatic heterocycles. The van der Waals surface area contributed by atoms with E-state index < -0.39 is 17.7 Å². The molecular weight excluding hydrogens is 225 g/mol. The molecule has 86 valence electrons. The predicted octanol–water partition coefficient (Wildman–Crippen LogP) is 1.65. The van der Waals surface area contributed by atoms with Gasteiger partial charge >= 0.3 is 6.36 Å². The largest absolute Gasteiger partial charge is 0.573 e. The van der Waals surface area contributed by atoms with E-state index in [9.17, 15) is 18.0 Å². The van der Waals surface area contributed by atoms with Gasteiger partial charge in [-0.05, 0) is 6.92 Å². The molecule has 0 aliphatic rings. The van der Waals surface area contributed by atoms with Gasteiger partial charge in [0.2, 0.25) is 0 Å². The summed E-state index contributed by atoms with van der Waals surface area (Å²) >= 11 is 0. The monoisotopic (exact) mass is 232 g/mol. The Morgan fingerprint density at radius 2 is 2.19 bits per heavy atom. The lowest BCUT2D eigenvalue weighted by atomic mass is 10.1. The van der Waals surface area contributed by atoms with E-state index in [4.69, 9.17) is 5.26 Å². The molecule has 1 rings (SSSR count). The number of halogens is 3. The number of rotatable bonds is 2. The molecule has 0 spiro atoms. The first-order valence-corrected chi connectivity index (χ1v) is 4.19. The number of H-pyrrole nitrogens is 1. The molecule has 0 aliphatic carbocycles. The van der Waals surface area contributed by atoms with Crippen LogP contribution in [-0.2, 0) is 6.42 Å². The Kier molecular flexibility index (Phi) is 3.22. The quantitative estimate of drug-likeness (QED) is 0.842. The van der Waals surface area contributed by atoms with Crippen LogP contribution < -0.4 is 10.3 Å². The van der Waals surface area contributed by atoms with Gasteiger partial charge in [-0.15, -0.1) is 13.2 Å². The van der Waals surface area contributed by atoms with Gasteiger partial charge in [0.15, 0.2) is 0 Å². The number of hydrogen-bond donors (Lipinski definition) is 1. The van der Waals surface area contributed by atoms with Crippen LogP contribution >= 0.6 is 0 Å². The number of aromatic nitrogens is 1. The molecule has 4 nitrogen and oxygen atoms in total. The maximum atomic E-state index is 12.0. The van der Waals surface area contributed by atoms with Crippen LogP contribution in [0.2, 0.25) is 0 Å². The second kappa shape index (κ2) is 4.26. The van der Waals surface area contributed by atoms with E-state index in [2.05, 4.69) is 9.72 Å². The lowest BCUT2D eigenvalue weighted by Gasteiger charge is -2.12. The number of hydrogen-bond acceptors (Lipinski definition) is 3. The zero-order valence-corrected chi connectivity index (χ0v) is 8.18. The number of ether oxygens (including phenoxy) is 1. The van der Waals surface area contributed by atoms with Crippen LogP contribution in [0.15, 0.2) is 10.9 Å². The molecule has 0 amide bonds. The minimum absolute atomic E-state index is 0.0958. The van der Waals surface area contributed by atoms with Crippen LogP contribution in [0.5, 0.6) is 5.75 Å². The molecule has 0 saturated carbocycles. The third kappa shape index (κ3) is 3.02. The highest BCUT2D eigenvalue weighted by atomic mass is 19.4. The van der Waals surface area contributed by atoms with E-state index in [0.29, 0.717) is 6.07 Å². The van der Waals surface area contributed by atoms with E-state index in [-0.39, 0.29) is 17.7 Å². The van der Waals surface area contributed by atoms with Gasteiger partial charge in [0.25, 0.3) is 5.56 Å². The number of aromatic amines is 1. The fourth-order valence-electron chi connectivity index (χ4n) is 1.14. The maximum absolute atomic E-state index is 12.0. The third-order valence-electron chi connectivity index (χ3n) is 1.84. The van der Waals surface area contributed by atoms with Gasteiger partial charge < -0.3 is 9.72 Å². The van der Waals surface area contributed by atoms with Crippen molar-refractivity contribution in [3.8, 4) is 11.8 Å². The Labute approximate surface area is 88.3 Å². The standard InChI is InChI=1S/C9H7F3N2O2/c1-5-6(2-3-13)14-8(15)4-7(5)16-9(10,11)12/h4H,2H2,1H3,(H,14,15). The highest BCUT2D eigenvalue weighted by Gasteiger charge is 2.32. The van der Waals surface area contributed by atoms with Gasteiger partial charge in [0.05, 0.1) is 12.5 Å². The molecule has 0 fully saturated rings. The van der Waals surface area contributed by atoms with Crippen molar-refractivity contribution in [3.05, 3.63) is 27.7 Å². The smallest absolute Gasteiger partial charge is 0.405 e. The first-order chi connectivity index (χ1) is 7.33. The molecule has 0 bridgehead atoms. The van der Waals surface area contributed by atoms with E-state index in [1.54, 1.807) is 6.07 Å². The zero-order chi connectivity index (χ0) is 12.3.